The molecule has 0 saturated carbocycles. The Morgan fingerprint density at radius 3 is 2.86 bits per heavy atom. The highest BCUT2D eigenvalue weighted by atomic mass is 15.3. The first-order valence-corrected chi connectivity index (χ1v) is 4.26. The van der Waals surface area contributed by atoms with Crippen molar-refractivity contribution in [1.82, 2.24) is 14.8 Å². The molecule has 0 radical (unpaired) electrons. The van der Waals surface area contributed by atoms with Crippen LogP contribution in [0.5, 0.6) is 0 Å². The molecule has 0 aromatic carbocycles. The van der Waals surface area contributed by atoms with E-state index >= 15 is 0 Å². The van der Waals surface area contributed by atoms with Crippen molar-refractivity contribution < 1.29 is 0 Å². The number of hydrogen-bond donors (Lipinski definition) is 2. The molecule has 5 heteroatoms. The van der Waals surface area contributed by atoms with Gasteiger partial charge in [0.25, 0.3) is 0 Å². The maximum absolute atomic E-state index is 5.55. The summed E-state index contributed by atoms with van der Waals surface area (Å²) in [5, 5.41) is 4.05. The summed E-state index contributed by atoms with van der Waals surface area (Å²) >= 11 is 0. The maximum atomic E-state index is 5.55. The molecule has 72 valence electrons. The number of hydrogen-bond acceptors (Lipinski definition) is 4. The minimum absolute atomic E-state index is 0.421. The van der Waals surface area contributed by atoms with Crippen LogP contribution in [0.4, 0.5) is 5.69 Å². The summed E-state index contributed by atoms with van der Waals surface area (Å²) in [6.07, 6.45) is 3.29. The van der Waals surface area contributed by atoms with Gasteiger partial charge in [0.2, 0.25) is 0 Å². The molecule has 0 saturated heterocycles. The van der Waals surface area contributed by atoms with Crippen LogP contribution in [-0.2, 0) is 6.54 Å². The van der Waals surface area contributed by atoms with Crippen LogP contribution in [0.2, 0.25) is 0 Å². The van der Waals surface area contributed by atoms with Gasteiger partial charge in [0, 0.05) is 6.54 Å². The molecule has 2 heterocycles. The van der Waals surface area contributed by atoms with Gasteiger partial charge < -0.3 is 11.5 Å². The Balaban J connectivity index is 2.41. The first-order valence-electron chi connectivity index (χ1n) is 4.26. The van der Waals surface area contributed by atoms with Gasteiger partial charge in [-0.1, -0.05) is 6.07 Å². The third-order valence-corrected chi connectivity index (χ3v) is 1.84. The average molecular weight is 189 g/mol. The molecule has 4 N–H and O–H groups in total. The quantitative estimate of drug-likeness (QED) is 0.712. The van der Waals surface area contributed by atoms with Crippen LogP contribution in [-0.4, -0.2) is 14.8 Å². The van der Waals surface area contributed by atoms with Crippen molar-refractivity contribution in [2.24, 2.45) is 5.73 Å². The zero-order chi connectivity index (χ0) is 9.97. The lowest BCUT2D eigenvalue weighted by Crippen LogP contribution is -2.04. The van der Waals surface area contributed by atoms with Gasteiger partial charge in [0.05, 0.1) is 23.8 Å². The van der Waals surface area contributed by atoms with Gasteiger partial charge in [-0.25, -0.2) is 9.67 Å². The van der Waals surface area contributed by atoms with Crippen LogP contribution in [0, 0.1) is 0 Å². The number of nitrogens with two attached hydrogens (primary N) is 2. The number of anilines is 1. The number of rotatable bonds is 2. The van der Waals surface area contributed by atoms with Crippen molar-refractivity contribution in [3.05, 3.63) is 36.3 Å². The van der Waals surface area contributed by atoms with Crippen molar-refractivity contribution in [3.8, 4) is 5.82 Å². The molecular weight excluding hydrogens is 178 g/mol. The smallest absolute Gasteiger partial charge is 0.153 e. The van der Waals surface area contributed by atoms with Crippen molar-refractivity contribution in [2.45, 2.75) is 6.54 Å². The Bertz CT molecular complexity index is 434. The van der Waals surface area contributed by atoms with E-state index in [1.54, 1.807) is 17.1 Å². The van der Waals surface area contributed by atoms with Crippen LogP contribution in [0.25, 0.3) is 5.82 Å². The number of pyridine rings is 1. The molecule has 2 aromatic rings. The second-order valence-electron chi connectivity index (χ2n) is 2.91. The third-order valence-electron chi connectivity index (χ3n) is 1.84. The first-order chi connectivity index (χ1) is 6.79. The van der Waals surface area contributed by atoms with E-state index < -0.39 is 0 Å². The maximum Gasteiger partial charge on any atom is 0.153 e. The largest absolute Gasteiger partial charge is 0.396 e. The highest BCUT2D eigenvalue weighted by molar-refractivity contribution is 5.35. The summed E-state index contributed by atoms with van der Waals surface area (Å²) in [6, 6.07) is 5.62. The summed E-state index contributed by atoms with van der Waals surface area (Å²) in [7, 11) is 0. The molecule has 5 nitrogen and oxygen atoms in total. The van der Waals surface area contributed by atoms with Gasteiger partial charge in [0.1, 0.15) is 0 Å². The minimum Gasteiger partial charge on any atom is -0.396 e. The zero-order valence-corrected chi connectivity index (χ0v) is 7.59. The van der Waals surface area contributed by atoms with Gasteiger partial charge in [0.15, 0.2) is 5.82 Å². The Labute approximate surface area is 81.4 Å². The molecule has 0 amide bonds. The fourth-order valence-corrected chi connectivity index (χ4v) is 1.17. The van der Waals surface area contributed by atoms with Crippen LogP contribution in [0.1, 0.15) is 5.69 Å². The van der Waals surface area contributed by atoms with E-state index in [0.717, 1.165) is 11.5 Å². The van der Waals surface area contributed by atoms with Crippen LogP contribution < -0.4 is 11.5 Å². The molecule has 2 rings (SSSR count). The number of nitrogen functional groups attached to an aromatic ring is 1. The SMILES string of the molecule is NCc1cccc(-n2cc(N)cn2)n1. The normalized spacial score (nSPS) is 10.4. The molecule has 0 aliphatic carbocycles. The van der Waals surface area contributed by atoms with Crippen molar-refractivity contribution in [2.75, 3.05) is 5.73 Å². The fourth-order valence-electron chi connectivity index (χ4n) is 1.17. The van der Waals surface area contributed by atoms with E-state index in [2.05, 4.69) is 10.1 Å². The fraction of sp³-hybridized carbons (Fsp3) is 0.111. The van der Waals surface area contributed by atoms with Gasteiger partial charge in [-0.3, -0.25) is 0 Å². The second kappa shape index (κ2) is 3.47. The van der Waals surface area contributed by atoms with Gasteiger partial charge in [-0.15, -0.1) is 0 Å². The summed E-state index contributed by atoms with van der Waals surface area (Å²) in [5.74, 6) is 0.727. The molecule has 0 spiro atoms. The Morgan fingerprint density at radius 1 is 1.36 bits per heavy atom. The van der Waals surface area contributed by atoms with E-state index in [1.165, 1.54) is 0 Å². The molecule has 0 bridgehead atoms. The van der Waals surface area contributed by atoms with E-state index in [0.29, 0.717) is 12.2 Å². The van der Waals surface area contributed by atoms with E-state index in [-0.39, 0.29) is 0 Å². The van der Waals surface area contributed by atoms with Gasteiger partial charge >= 0.3 is 0 Å². The highest BCUT2D eigenvalue weighted by Crippen LogP contribution is 2.07. The third kappa shape index (κ3) is 1.57. The Morgan fingerprint density at radius 2 is 2.21 bits per heavy atom. The van der Waals surface area contributed by atoms with Crippen LogP contribution in [0.3, 0.4) is 0 Å². The van der Waals surface area contributed by atoms with Crippen molar-refractivity contribution >= 4 is 5.69 Å². The Hall–Kier alpha value is -1.88. The molecule has 0 aliphatic heterocycles. The lowest BCUT2D eigenvalue weighted by molar-refractivity contribution is 0.829. The number of aromatic nitrogens is 3. The van der Waals surface area contributed by atoms with Gasteiger partial charge in [-0.2, -0.15) is 5.10 Å². The molecule has 0 unspecified atom stereocenters. The summed E-state index contributed by atoms with van der Waals surface area (Å²) in [5.41, 5.74) is 12.5. The Kier molecular flexibility index (Phi) is 2.16. The monoisotopic (exact) mass is 189 g/mol. The minimum atomic E-state index is 0.421. The molecule has 0 fully saturated rings. The summed E-state index contributed by atoms with van der Waals surface area (Å²) in [6.45, 7) is 0.421. The highest BCUT2D eigenvalue weighted by Gasteiger charge is 2.00. The molecule has 0 aliphatic rings. The van der Waals surface area contributed by atoms with E-state index in [1.807, 2.05) is 18.2 Å². The van der Waals surface area contributed by atoms with Gasteiger partial charge in [-0.05, 0) is 12.1 Å². The predicted octanol–water partition coefficient (Wildman–Crippen LogP) is 0.308. The first kappa shape index (κ1) is 8.71. The van der Waals surface area contributed by atoms with Crippen molar-refractivity contribution in [1.29, 1.82) is 0 Å². The molecular formula is C9H11N5. The standard InChI is InChI=1S/C9H11N5/c10-4-8-2-1-3-9(13-8)14-6-7(11)5-12-14/h1-3,5-6H,4,10-11H2. The predicted molar refractivity (Wildman–Crippen MR) is 53.7 cm³/mol. The second-order valence-corrected chi connectivity index (χ2v) is 2.91. The topological polar surface area (TPSA) is 82.8 Å². The molecule has 2 aromatic heterocycles. The molecule has 14 heavy (non-hydrogen) atoms. The zero-order valence-electron chi connectivity index (χ0n) is 7.59. The van der Waals surface area contributed by atoms with Crippen LogP contribution in [0.15, 0.2) is 30.6 Å². The summed E-state index contributed by atoms with van der Waals surface area (Å²) < 4.78 is 1.62. The molecule has 0 atom stereocenters. The lowest BCUT2D eigenvalue weighted by Gasteiger charge is -2.01. The van der Waals surface area contributed by atoms with Crippen molar-refractivity contribution in [3.63, 3.8) is 0 Å². The lowest BCUT2D eigenvalue weighted by atomic mass is 10.3. The van der Waals surface area contributed by atoms with E-state index in [4.69, 9.17) is 11.5 Å². The summed E-state index contributed by atoms with van der Waals surface area (Å²) in [4.78, 5) is 4.29. The number of nitrogens with zero attached hydrogens (tertiary/aromatic N) is 3. The van der Waals surface area contributed by atoms with E-state index in [9.17, 15) is 0 Å². The average Bonchev–Trinajstić information content (AvgIpc) is 2.65. The van der Waals surface area contributed by atoms with Crippen LogP contribution >= 0.6 is 0 Å².